The molecule has 0 saturated carbocycles. The molecule has 0 bridgehead atoms. The maximum Gasteiger partial charge on any atom is 0.398 e. The Kier molecular flexibility index (Phi) is 5.41. The zero-order valence-electron chi connectivity index (χ0n) is 15.2. The number of nitrogens with one attached hydrogen (secondary N) is 2. The number of benzene rings is 1. The molecule has 30 heavy (non-hydrogen) atoms. The lowest BCUT2D eigenvalue weighted by Gasteiger charge is -2.12. The highest BCUT2D eigenvalue weighted by atomic mass is 19.4. The molecule has 0 fully saturated rings. The Labute approximate surface area is 164 Å². The summed E-state index contributed by atoms with van der Waals surface area (Å²) in [5, 5.41) is 10.3. The summed E-state index contributed by atoms with van der Waals surface area (Å²) in [6.07, 6.45) is -1.58. The lowest BCUT2D eigenvalue weighted by Crippen LogP contribution is -2.46. The van der Waals surface area contributed by atoms with E-state index in [0.29, 0.717) is 5.56 Å². The van der Waals surface area contributed by atoms with E-state index in [4.69, 9.17) is 4.42 Å². The van der Waals surface area contributed by atoms with Gasteiger partial charge in [-0.25, -0.2) is 4.98 Å². The van der Waals surface area contributed by atoms with E-state index >= 15 is 0 Å². The summed E-state index contributed by atoms with van der Waals surface area (Å²) < 4.78 is 43.6. The Morgan fingerprint density at radius 2 is 1.80 bits per heavy atom. The molecule has 0 aliphatic carbocycles. The van der Waals surface area contributed by atoms with Gasteiger partial charge in [0, 0.05) is 12.1 Å². The van der Waals surface area contributed by atoms with Gasteiger partial charge in [0.15, 0.2) is 6.39 Å². The van der Waals surface area contributed by atoms with Gasteiger partial charge in [-0.3, -0.25) is 19.7 Å². The summed E-state index contributed by atoms with van der Waals surface area (Å²) in [5.74, 6) is -2.48. The minimum absolute atomic E-state index is 0.193. The number of alkyl halides is 3. The van der Waals surface area contributed by atoms with Gasteiger partial charge in [-0.05, 0) is 24.6 Å². The maximum absolute atomic E-state index is 12.9. The molecule has 0 amide bonds. The maximum atomic E-state index is 12.9. The molecule has 12 heteroatoms. The van der Waals surface area contributed by atoms with Gasteiger partial charge in [-0.15, -0.1) is 0 Å². The van der Waals surface area contributed by atoms with Crippen molar-refractivity contribution in [2.24, 2.45) is 0 Å². The van der Waals surface area contributed by atoms with E-state index < -0.39 is 33.9 Å². The van der Waals surface area contributed by atoms with Crippen molar-refractivity contribution in [3.8, 4) is 0 Å². The van der Waals surface area contributed by atoms with E-state index in [9.17, 15) is 32.9 Å². The first-order valence-corrected chi connectivity index (χ1v) is 8.37. The highest BCUT2D eigenvalue weighted by Crippen LogP contribution is 2.35. The Hall–Kier alpha value is -3.96. The van der Waals surface area contributed by atoms with Crippen molar-refractivity contribution in [1.82, 2.24) is 15.0 Å². The first kappa shape index (κ1) is 20.8. The third-order valence-electron chi connectivity index (χ3n) is 4.17. The van der Waals surface area contributed by atoms with Crippen LogP contribution in [0.4, 0.5) is 18.9 Å². The molecule has 0 aliphatic heterocycles. The minimum Gasteiger partial charge on any atom is -0.447 e. The van der Waals surface area contributed by atoms with Gasteiger partial charge in [-0.1, -0.05) is 12.1 Å². The van der Waals surface area contributed by atoms with Crippen molar-refractivity contribution in [3.05, 3.63) is 89.2 Å². The van der Waals surface area contributed by atoms with Crippen molar-refractivity contribution >= 4 is 17.8 Å². The average molecular weight is 422 g/mol. The van der Waals surface area contributed by atoms with Crippen LogP contribution in [0.5, 0.6) is 0 Å². The Bertz CT molecular complexity index is 1340. The number of rotatable bonds is 4. The average Bonchev–Trinajstić information content (AvgIpc) is 3.12. The predicted molar refractivity (Wildman–Crippen MR) is 98.1 cm³/mol. The van der Waals surface area contributed by atoms with E-state index in [2.05, 4.69) is 15.0 Å². The zero-order valence-corrected chi connectivity index (χ0v) is 15.2. The fraction of sp³-hybridized carbons (Fsp3) is 0.167. The molecule has 3 rings (SSSR count). The van der Waals surface area contributed by atoms with Crippen LogP contribution in [0.1, 0.15) is 29.9 Å². The number of nitro groups is 1. The molecule has 1 aromatic carbocycles. The Morgan fingerprint density at radius 3 is 2.40 bits per heavy atom. The van der Waals surface area contributed by atoms with Crippen LogP contribution in [0.2, 0.25) is 0 Å². The number of hydrogen-bond acceptors (Lipinski definition) is 6. The van der Waals surface area contributed by atoms with Crippen LogP contribution in [0.15, 0.2) is 44.7 Å². The number of oxazole rings is 1. The summed E-state index contributed by atoms with van der Waals surface area (Å²) >= 11 is 0. The number of H-pyrrole nitrogens is 2. The van der Waals surface area contributed by atoms with Crippen molar-refractivity contribution < 1.29 is 22.5 Å². The standard InChI is InChI=1S/C18H13F3N4O5/c1-9(18(19,20)21)15-12(22-8-30-15)7-14-17(27)23-13(16(26)24-14)6-10-3-2-4-11(5-10)25(28)29/h2-9H,1H3,(H,23,27)(H,24,26)/b13-6-,14-7-. The van der Waals surface area contributed by atoms with Crippen LogP contribution in [0.3, 0.4) is 0 Å². The van der Waals surface area contributed by atoms with Crippen LogP contribution in [0, 0.1) is 10.1 Å². The Balaban J connectivity index is 2.08. The van der Waals surface area contributed by atoms with Gasteiger partial charge in [0.25, 0.3) is 16.8 Å². The summed E-state index contributed by atoms with van der Waals surface area (Å²) in [4.78, 5) is 43.0. The largest absolute Gasteiger partial charge is 0.447 e. The van der Waals surface area contributed by atoms with E-state index in [-0.39, 0.29) is 22.1 Å². The second kappa shape index (κ2) is 7.81. The van der Waals surface area contributed by atoms with Crippen molar-refractivity contribution in [1.29, 1.82) is 0 Å². The van der Waals surface area contributed by atoms with E-state index in [1.165, 1.54) is 30.3 Å². The molecule has 1 atom stereocenters. The van der Waals surface area contributed by atoms with Gasteiger partial charge >= 0.3 is 6.18 Å². The highest BCUT2D eigenvalue weighted by Gasteiger charge is 2.40. The van der Waals surface area contributed by atoms with Crippen LogP contribution >= 0.6 is 0 Å². The molecule has 2 aromatic heterocycles. The number of aromatic nitrogens is 3. The number of nitrogens with zero attached hydrogens (tertiary/aromatic N) is 2. The highest BCUT2D eigenvalue weighted by molar-refractivity contribution is 5.52. The quantitative estimate of drug-likeness (QED) is 0.480. The number of non-ortho nitro benzene ring substituents is 1. The molecule has 2 N–H and O–H groups in total. The van der Waals surface area contributed by atoms with Gasteiger partial charge in [0.1, 0.15) is 28.1 Å². The molecule has 0 spiro atoms. The van der Waals surface area contributed by atoms with Gasteiger partial charge < -0.3 is 14.4 Å². The van der Waals surface area contributed by atoms with Crippen LogP contribution in [0.25, 0.3) is 12.2 Å². The monoisotopic (exact) mass is 422 g/mol. The van der Waals surface area contributed by atoms with Crippen molar-refractivity contribution in [2.75, 3.05) is 0 Å². The summed E-state index contributed by atoms with van der Waals surface area (Å²) in [7, 11) is 0. The zero-order chi connectivity index (χ0) is 22.1. The van der Waals surface area contributed by atoms with E-state index in [1.54, 1.807) is 0 Å². The molecule has 0 saturated heterocycles. The SMILES string of the molecule is CC(c1ocnc1/C=c1\[nH]c(=O)/c(=C/c2cccc([N+](=O)[O-])c2)[nH]c1=O)C(F)(F)F. The normalized spacial score (nSPS) is 14.1. The molecule has 156 valence electrons. The summed E-state index contributed by atoms with van der Waals surface area (Å²) in [5.41, 5.74) is -1.73. The minimum atomic E-state index is -4.58. The van der Waals surface area contributed by atoms with Crippen LogP contribution < -0.4 is 21.8 Å². The van der Waals surface area contributed by atoms with E-state index in [1.807, 2.05) is 0 Å². The summed E-state index contributed by atoms with van der Waals surface area (Å²) in [6.45, 7) is 0.877. The third kappa shape index (κ3) is 4.37. The molecule has 1 unspecified atom stereocenters. The number of aromatic amines is 2. The molecule has 0 aliphatic rings. The predicted octanol–water partition coefficient (Wildman–Crippen LogP) is 1.28. The molecule has 3 aromatic rings. The van der Waals surface area contributed by atoms with Crippen LogP contribution in [-0.4, -0.2) is 26.1 Å². The molecule has 2 heterocycles. The lowest BCUT2D eigenvalue weighted by atomic mass is 10.1. The van der Waals surface area contributed by atoms with Gasteiger partial charge in [0.05, 0.1) is 4.92 Å². The molecule has 0 radical (unpaired) electrons. The second-order valence-electron chi connectivity index (χ2n) is 6.24. The Morgan fingerprint density at radius 1 is 1.17 bits per heavy atom. The smallest absolute Gasteiger partial charge is 0.398 e. The molecular formula is C18H13F3N4O5. The van der Waals surface area contributed by atoms with Crippen molar-refractivity contribution in [2.45, 2.75) is 19.0 Å². The first-order valence-electron chi connectivity index (χ1n) is 8.37. The van der Waals surface area contributed by atoms with Crippen molar-refractivity contribution in [3.63, 3.8) is 0 Å². The lowest BCUT2D eigenvalue weighted by molar-refractivity contribution is -0.384. The second-order valence-corrected chi connectivity index (χ2v) is 6.24. The van der Waals surface area contributed by atoms with Gasteiger partial charge in [0.2, 0.25) is 0 Å². The fourth-order valence-corrected chi connectivity index (χ4v) is 2.57. The first-order chi connectivity index (χ1) is 14.1. The summed E-state index contributed by atoms with van der Waals surface area (Å²) in [6, 6.07) is 5.37. The topological polar surface area (TPSA) is 135 Å². The number of halogens is 3. The van der Waals surface area contributed by atoms with Crippen LogP contribution in [-0.2, 0) is 0 Å². The molecule has 9 nitrogen and oxygen atoms in total. The fourth-order valence-electron chi connectivity index (χ4n) is 2.57. The van der Waals surface area contributed by atoms with Gasteiger partial charge in [-0.2, -0.15) is 13.2 Å². The van der Waals surface area contributed by atoms with E-state index in [0.717, 1.165) is 19.4 Å². The number of hydrogen-bond donors (Lipinski definition) is 2. The molecular weight excluding hydrogens is 409 g/mol. The third-order valence-corrected chi connectivity index (χ3v) is 4.17. The number of nitro benzene ring substituents is 1.